The van der Waals surface area contributed by atoms with E-state index < -0.39 is 0 Å². The Morgan fingerprint density at radius 3 is 2.50 bits per heavy atom. The van der Waals surface area contributed by atoms with Gasteiger partial charge in [-0.1, -0.05) is 25.0 Å². The van der Waals surface area contributed by atoms with Crippen LogP contribution in [0.4, 0.5) is 0 Å². The van der Waals surface area contributed by atoms with Crippen LogP contribution < -0.4 is 10.3 Å². The van der Waals surface area contributed by atoms with Gasteiger partial charge in [0.2, 0.25) is 0 Å². The molecule has 0 radical (unpaired) electrons. The van der Waals surface area contributed by atoms with Crippen LogP contribution >= 0.6 is 0 Å². The molecule has 4 rings (SSSR count). The first-order valence-corrected chi connectivity index (χ1v) is 10.3. The Labute approximate surface area is 175 Å². The van der Waals surface area contributed by atoms with E-state index in [-0.39, 0.29) is 23.1 Å². The number of likely N-dealkylation sites (tertiary alicyclic amines) is 1. The topological polar surface area (TPSA) is 75.3 Å². The Kier molecular flexibility index (Phi) is 5.93. The third kappa shape index (κ3) is 4.13. The van der Waals surface area contributed by atoms with Crippen molar-refractivity contribution in [3.63, 3.8) is 0 Å². The average Bonchev–Trinajstić information content (AvgIpc) is 3.05. The van der Waals surface area contributed by atoms with Crippen LogP contribution in [-0.2, 0) is 0 Å². The number of H-pyrrole nitrogens is 1. The van der Waals surface area contributed by atoms with E-state index in [1.807, 2.05) is 41.3 Å². The third-order valence-corrected chi connectivity index (χ3v) is 5.65. The normalized spacial score (nSPS) is 16.7. The average molecular weight is 403 g/mol. The molecule has 1 aliphatic heterocycles. The number of hydrogen-bond donors (Lipinski definition) is 1. The van der Waals surface area contributed by atoms with Crippen LogP contribution in [0.3, 0.4) is 0 Å². The first-order chi connectivity index (χ1) is 14.7. The maximum absolute atomic E-state index is 13.4. The zero-order valence-corrected chi connectivity index (χ0v) is 17.0. The van der Waals surface area contributed by atoms with Crippen LogP contribution in [0.5, 0.6) is 5.75 Å². The molecule has 1 N–H and O–H groups in total. The molecule has 0 aliphatic carbocycles. The number of benzene rings is 1. The van der Waals surface area contributed by atoms with Crippen LogP contribution in [-0.4, -0.2) is 34.4 Å². The number of carbonyl (C=O) groups is 1. The zero-order chi connectivity index (χ0) is 20.9. The van der Waals surface area contributed by atoms with Gasteiger partial charge in [0.25, 0.3) is 11.5 Å². The Bertz CT molecular complexity index is 1060. The molecule has 1 amide bonds. The minimum atomic E-state index is -0.368. The molecule has 1 fully saturated rings. The summed E-state index contributed by atoms with van der Waals surface area (Å²) in [6.45, 7) is 0.640. The van der Waals surface area contributed by atoms with Crippen molar-refractivity contribution in [2.75, 3.05) is 13.7 Å². The Morgan fingerprint density at radius 2 is 1.80 bits per heavy atom. The predicted molar refractivity (Wildman–Crippen MR) is 116 cm³/mol. The summed E-state index contributed by atoms with van der Waals surface area (Å²) in [6, 6.07) is 14.8. The number of ether oxygens (including phenoxy) is 1. The van der Waals surface area contributed by atoms with E-state index in [1.165, 1.54) is 0 Å². The van der Waals surface area contributed by atoms with Crippen molar-refractivity contribution in [2.45, 2.75) is 31.7 Å². The molecule has 3 aromatic rings. The predicted octanol–water partition coefficient (Wildman–Crippen LogP) is 4.20. The molecule has 6 nitrogen and oxygen atoms in total. The van der Waals surface area contributed by atoms with Gasteiger partial charge in [-0.15, -0.1) is 0 Å². The van der Waals surface area contributed by atoms with Crippen molar-refractivity contribution in [2.24, 2.45) is 0 Å². The lowest BCUT2D eigenvalue weighted by molar-refractivity contribution is 0.0679. The first kappa shape index (κ1) is 19.9. The maximum Gasteiger partial charge on any atom is 0.261 e. The monoisotopic (exact) mass is 403 g/mol. The Morgan fingerprint density at radius 1 is 1.03 bits per heavy atom. The van der Waals surface area contributed by atoms with Crippen molar-refractivity contribution >= 4 is 5.91 Å². The van der Waals surface area contributed by atoms with Crippen molar-refractivity contribution in [3.05, 3.63) is 82.4 Å². The number of nitrogens with one attached hydrogen (secondary N) is 1. The highest BCUT2D eigenvalue weighted by Gasteiger charge is 2.29. The number of nitrogens with zero attached hydrogens (tertiary/aromatic N) is 2. The SMILES string of the molecule is COc1ccc([C@@H]2CCCCCN2C(=O)c2ccc(-c3ccncc3)[nH]c2=O)cc1. The van der Waals surface area contributed by atoms with E-state index in [2.05, 4.69) is 9.97 Å². The molecular weight excluding hydrogens is 378 g/mol. The molecule has 0 unspecified atom stereocenters. The standard InChI is InChI=1S/C24H25N3O3/c1-30-19-8-6-18(7-9-19)22-5-3-2-4-16-27(22)24(29)20-10-11-21(26-23(20)28)17-12-14-25-15-13-17/h6-15,22H,2-5,16H2,1H3,(H,26,28)/t22-/m0/s1. The maximum atomic E-state index is 13.4. The second-order valence-corrected chi connectivity index (χ2v) is 7.49. The summed E-state index contributed by atoms with van der Waals surface area (Å²) in [6.07, 6.45) is 7.29. The molecule has 1 aliphatic rings. The van der Waals surface area contributed by atoms with E-state index in [0.717, 1.165) is 42.6 Å². The van der Waals surface area contributed by atoms with Gasteiger partial charge in [0.05, 0.1) is 13.2 Å². The number of rotatable bonds is 4. The van der Waals surface area contributed by atoms with Crippen molar-refractivity contribution in [1.82, 2.24) is 14.9 Å². The number of hydrogen-bond acceptors (Lipinski definition) is 4. The number of methoxy groups -OCH3 is 1. The highest BCUT2D eigenvalue weighted by molar-refractivity contribution is 5.94. The van der Waals surface area contributed by atoms with Gasteiger partial charge in [-0.3, -0.25) is 14.6 Å². The largest absolute Gasteiger partial charge is 0.497 e. The van der Waals surface area contributed by atoms with Crippen molar-refractivity contribution < 1.29 is 9.53 Å². The lowest BCUT2D eigenvalue weighted by atomic mass is 10.00. The summed E-state index contributed by atoms with van der Waals surface area (Å²) < 4.78 is 5.26. The fraction of sp³-hybridized carbons (Fsp3) is 0.292. The van der Waals surface area contributed by atoms with Crippen LogP contribution in [0.25, 0.3) is 11.3 Å². The number of carbonyl (C=O) groups excluding carboxylic acids is 1. The van der Waals surface area contributed by atoms with Crippen molar-refractivity contribution in [1.29, 1.82) is 0 Å². The lowest BCUT2D eigenvalue weighted by Gasteiger charge is -2.30. The van der Waals surface area contributed by atoms with E-state index in [9.17, 15) is 9.59 Å². The summed E-state index contributed by atoms with van der Waals surface area (Å²) in [5, 5.41) is 0. The minimum absolute atomic E-state index is 0.0508. The Balaban J connectivity index is 1.64. The highest BCUT2D eigenvalue weighted by Crippen LogP contribution is 2.32. The third-order valence-electron chi connectivity index (χ3n) is 5.65. The molecule has 0 saturated carbocycles. The summed E-state index contributed by atoms with van der Waals surface area (Å²) in [7, 11) is 1.64. The molecule has 3 heterocycles. The van der Waals surface area contributed by atoms with Gasteiger partial charge in [0.1, 0.15) is 11.3 Å². The second kappa shape index (κ2) is 8.95. The molecule has 6 heteroatoms. The number of pyridine rings is 2. The molecule has 1 aromatic carbocycles. The van der Waals surface area contributed by atoms with Crippen LogP contribution in [0.2, 0.25) is 0 Å². The summed E-state index contributed by atoms with van der Waals surface area (Å²) >= 11 is 0. The van der Waals surface area contributed by atoms with Gasteiger partial charge in [-0.25, -0.2) is 0 Å². The van der Waals surface area contributed by atoms with Gasteiger partial charge in [0, 0.05) is 30.2 Å². The van der Waals surface area contributed by atoms with E-state index >= 15 is 0 Å². The molecule has 154 valence electrons. The van der Waals surface area contributed by atoms with Gasteiger partial charge in [-0.05, 0) is 54.8 Å². The zero-order valence-electron chi connectivity index (χ0n) is 17.0. The number of aromatic amines is 1. The minimum Gasteiger partial charge on any atom is -0.497 e. The summed E-state index contributed by atoms with van der Waals surface area (Å²) in [5.74, 6) is 0.564. The van der Waals surface area contributed by atoms with Gasteiger partial charge >= 0.3 is 0 Å². The summed E-state index contributed by atoms with van der Waals surface area (Å²) in [5.41, 5.74) is 2.39. The molecule has 1 atom stereocenters. The van der Waals surface area contributed by atoms with Crippen molar-refractivity contribution in [3.8, 4) is 17.0 Å². The van der Waals surface area contributed by atoms with E-state index in [4.69, 9.17) is 4.74 Å². The lowest BCUT2D eigenvalue weighted by Crippen LogP contribution is -2.37. The molecule has 0 bridgehead atoms. The van der Waals surface area contributed by atoms with E-state index in [1.54, 1.807) is 31.6 Å². The van der Waals surface area contributed by atoms with Crippen LogP contribution in [0, 0.1) is 0 Å². The summed E-state index contributed by atoms with van der Waals surface area (Å²) in [4.78, 5) is 34.9. The number of amides is 1. The first-order valence-electron chi connectivity index (χ1n) is 10.3. The van der Waals surface area contributed by atoms with Gasteiger partial charge in [0.15, 0.2) is 0 Å². The molecule has 0 spiro atoms. The fourth-order valence-corrected chi connectivity index (χ4v) is 4.02. The van der Waals surface area contributed by atoms with E-state index in [0.29, 0.717) is 12.2 Å². The smallest absolute Gasteiger partial charge is 0.261 e. The van der Waals surface area contributed by atoms with Crippen LogP contribution in [0.1, 0.15) is 47.6 Å². The fourth-order valence-electron chi connectivity index (χ4n) is 4.02. The highest BCUT2D eigenvalue weighted by atomic mass is 16.5. The van der Waals surface area contributed by atoms with Gasteiger partial charge < -0.3 is 14.6 Å². The molecule has 1 saturated heterocycles. The van der Waals surface area contributed by atoms with Crippen LogP contribution in [0.15, 0.2) is 65.7 Å². The number of aromatic nitrogens is 2. The Hall–Kier alpha value is -3.41. The molecule has 2 aromatic heterocycles. The molecule has 30 heavy (non-hydrogen) atoms. The van der Waals surface area contributed by atoms with Gasteiger partial charge in [-0.2, -0.15) is 0 Å². The quantitative estimate of drug-likeness (QED) is 0.708. The second-order valence-electron chi connectivity index (χ2n) is 7.49. The molecular formula is C24H25N3O3.